The van der Waals surface area contributed by atoms with Crippen molar-refractivity contribution in [3.05, 3.63) is 108 Å². The van der Waals surface area contributed by atoms with E-state index in [-0.39, 0.29) is 28.8 Å². The summed E-state index contributed by atoms with van der Waals surface area (Å²) < 4.78 is 59.6. The molecule has 56 heavy (non-hydrogen) atoms. The van der Waals surface area contributed by atoms with Crippen molar-refractivity contribution in [2.75, 3.05) is 47.7 Å². The largest absolute Gasteiger partial charge is 0.506 e. The molecular formula is C41H41F2N7O5S. The lowest BCUT2D eigenvalue weighted by atomic mass is 9.93. The zero-order chi connectivity index (χ0) is 39.6. The molecule has 1 saturated heterocycles. The molecular weight excluding hydrogens is 741 g/mol. The summed E-state index contributed by atoms with van der Waals surface area (Å²) in [7, 11) is -1.61. The minimum Gasteiger partial charge on any atom is -0.506 e. The van der Waals surface area contributed by atoms with Gasteiger partial charge in [-0.3, -0.25) is 9.20 Å². The maximum Gasteiger partial charge on any atom is 0.259 e. The van der Waals surface area contributed by atoms with E-state index in [2.05, 4.69) is 20.5 Å². The average molecular weight is 782 g/mol. The SMILES string of the molecule is CCc1cc(Nc2nccc(-c3c(-c4ccc(OC)c(C(=O)Nc5c(F)cccc5F)c4)nc4ccccn34)n2)c(O)cc1N1CCC(CCS(C)(=O)=O)CC1. The number of carbonyl (C=O) groups excluding carboxylic acids is 1. The lowest BCUT2D eigenvalue weighted by molar-refractivity contribution is 0.102. The number of hydrogen-bond donors (Lipinski definition) is 3. The minimum atomic E-state index is -3.00. The Labute approximate surface area is 323 Å². The van der Waals surface area contributed by atoms with E-state index < -0.39 is 33.1 Å². The molecule has 0 unspecified atom stereocenters. The van der Waals surface area contributed by atoms with Gasteiger partial charge in [-0.05, 0) is 91.8 Å². The van der Waals surface area contributed by atoms with Gasteiger partial charge in [0.25, 0.3) is 5.91 Å². The van der Waals surface area contributed by atoms with Gasteiger partial charge in [0, 0.05) is 49.1 Å². The zero-order valence-electron chi connectivity index (χ0n) is 31.1. The second-order valence-electron chi connectivity index (χ2n) is 13.8. The molecule has 4 heterocycles. The number of methoxy groups -OCH3 is 1. The number of benzene rings is 3. The average Bonchev–Trinajstić information content (AvgIpc) is 3.59. The van der Waals surface area contributed by atoms with Crippen LogP contribution >= 0.6 is 0 Å². The smallest absolute Gasteiger partial charge is 0.259 e. The molecule has 0 spiro atoms. The van der Waals surface area contributed by atoms with Crippen LogP contribution in [-0.4, -0.2) is 71.0 Å². The summed E-state index contributed by atoms with van der Waals surface area (Å²) >= 11 is 0. The molecule has 3 N–H and O–H groups in total. The molecule has 1 amide bonds. The number of piperidine rings is 1. The number of amides is 1. The van der Waals surface area contributed by atoms with Gasteiger partial charge in [0.05, 0.1) is 41.2 Å². The molecule has 0 aliphatic carbocycles. The number of para-hydroxylation sites is 1. The number of aromatic nitrogens is 4. The van der Waals surface area contributed by atoms with Crippen LogP contribution in [-0.2, 0) is 16.3 Å². The molecule has 0 saturated carbocycles. The summed E-state index contributed by atoms with van der Waals surface area (Å²) in [5, 5.41) is 16.8. The number of rotatable bonds is 12. The van der Waals surface area contributed by atoms with Gasteiger partial charge in [-0.25, -0.2) is 32.2 Å². The third-order valence-corrected chi connectivity index (χ3v) is 11.0. The van der Waals surface area contributed by atoms with E-state index in [1.807, 2.05) is 41.8 Å². The van der Waals surface area contributed by atoms with E-state index in [1.54, 1.807) is 36.5 Å². The van der Waals surface area contributed by atoms with Crippen molar-refractivity contribution < 1.29 is 31.8 Å². The molecule has 15 heteroatoms. The highest BCUT2D eigenvalue weighted by molar-refractivity contribution is 7.90. The number of nitrogens with zero attached hydrogens (tertiary/aromatic N) is 5. The number of phenolic OH excluding ortho intramolecular Hbond substituents is 1. The second-order valence-corrected chi connectivity index (χ2v) is 16.1. The summed E-state index contributed by atoms with van der Waals surface area (Å²) in [5.74, 6) is -1.63. The molecule has 3 aromatic heterocycles. The molecule has 290 valence electrons. The number of pyridine rings is 1. The minimum absolute atomic E-state index is 0.0280. The number of anilines is 4. The van der Waals surface area contributed by atoms with Gasteiger partial charge < -0.3 is 25.4 Å². The Morgan fingerprint density at radius 1 is 1.00 bits per heavy atom. The Kier molecular flexibility index (Phi) is 10.9. The monoisotopic (exact) mass is 781 g/mol. The highest BCUT2D eigenvalue weighted by Gasteiger charge is 2.25. The lowest BCUT2D eigenvalue weighted by Gasteiger charge is -2.35. The van der Waals surface area contributed by atoms with Crippen LogP contribution in [0.5, 0.6) is 11.5 Å². The quantitative estimate of drug-likeness (QED) is 0.106. The fourth-order valence-corrected chi connectivity index (χ4v) is 7.85. The number of phenols is 1. The van der Waals surface area contributed by atoms with Crippen molar-refractivity contribution in [3.8, 4) is 34.1 Å². The van der Waals surface area contributed by atoms with Gasteiger partial charge in [-0.15, -0.1) is 0 Å². The first-order chi connectivity index (χ1) is 26.9. The molecule has 7 rings (SSSR count). The van der Waals surface area contributed by atoms with Gasteiger partial charge in [0.2, 0.25) is 5.95 Å². The van der Waals surface area contributed by atoms with Crippen LogP contribution in [0.3, 0.4) is 0 Å². The van der Waals surface area contributed by atoms with E-state index >= 15 is 0 Å². The van der Waals surface area contributed by atoms with Crippen LogP contribution in [0.1, 0.15) is 42.1 Å². The van der Waals surface area contributed by atoms with Crippen molar-refractivity contribution >= 4 is 44.4 Å². The molecule has 12 nitrogen and oxygen atoms in total. The summed E-state index contributed by atoms with van der Waals surface area (Å²) in [6.45, 7) is 3.59. The van der Waals surface area contributed by atoms with Gasteiger partial charge in [-0.2, -0.15) is 0 Å². The van der Waals surface area contributed by atoms with E-state index in [1.165, 1.54) is 19.4 Å². The maximum atomic E-state index is 14.5. The van der Waals surface area contributed by atoms with Crippen LogP contribution in [0, 0.1) is 17.6 Å². The number of halogens is 2. The molecule has 0 atom stereocenters. The summed E-state index contributed by atoms with van der Waals surface area (Å²) in [5.41, 5.74) is 4.49. The van der Waals surface area contributed by atoms with Crippen LogP contribution in [0.25, 0.3) is 28.3 Å². The predicted octanol–water partition coefficient (Wildman–Crippen LogP) is 7.66. The van der Waals surface area contributed by atoms with Crippen LogP contribution in [0.15, 0.2) is 85.2 Å². The fourth-order valence-electron chi connectivity index (χ4n) is 7.09. The number of aromatic hydroxyl groups is 1. The predicted molar refractivity (Wildman–Crippen MR) is 213 cm³/mol. The van der Waals surface area contributed by atoms with E-state index in [0.717, 1.165) is 49.3 Å². The Morgan fingerprint density at radius 3 is 2.48 bits per heavy atom. The second kappa shape index (κ2) is 15.9. The molecule has 1 aliphatic rings. The first kappa shape index (κ1) is 38.2. The Morgan fingerprint density at radius 2 is 1.77 bits per heavy atom. The van der Waals surface area contributed by atoms with Gasteiger partial charge in [0.1, 0.15) is 44.3 Å². The van der Waals surface area contributed by atoms with E-state index in [0.29, 0.717) is 52.7 Å². The number of carbonyl (C=O) groups is 1. The first-order valence-electron chi connectivity index (χ1n) is 18.2. The lowest BCUT2D eigenvalue weighted by Crippen LogP contribution is -2.34. The van der Waals surface area contributed by atoms with Gasteiger partial charge >= 0.3 is 0 Å². The number of sulfone groups is 1. The van der Waals surface area contributed by atoms with Crippen molar-refractivity contribution in [1.29, 1.82) is 0 Å². The molecule has 1 fully saturated rings. The Hall–Kier alpha value is -6.09. The Bertz CT molecular complexity index is 2520. The van der Waals surface area contributed by atoms with E-state index in [9.17, 15) is 27.1 Å². The van der Waals surface area contributed by atoms with Gasteiger partial charge in [-0.1, -0.05) is 19.1 Å². The fraction of sp³-hybridized carbons (Fsp3) is 0.268. The molecule has 1 aliphatic heterocycles. The number of imidazole rings is 1. The number of aryl methyl sites for hydroxylation is 1. The highest BCUT2D eigenvalue weighted by atomic mass is 32.2. The third kappa shape index (κ3) is 8.13. The third-order valence-electron chi connectivity index (χ3n) is 10.0. The van der Waals surface area contributed by atoms with Crippen LogP contribution in [0.2, 0.25) is 0 Å². The molecule has 6 aromatic rings. The summed E-state index contributed by atoms with van der Waals surface area (Å²) in [6, 6.07) is 19.1. The maximum absolute atomic E-state index is 14.5. The molecule has 3 aromatic carbocycles. The van der Waals surface area contributed by atoms with Crippen LogP contribution in [0.4, 0.5) is 31.8 Å². The van der Waals surface area contributed by atoms with Gasteiger partial charge in [0.15, 0.2) is 0 Å². The standard InChI is InChI=1S/C41H41F2N7O5S/c1-4-26-23-32(34(51)24-33(26)49-19-14-25(15-20-49)16-21-56(3,53)54)46-41-44-17-13-31(45-41)39-37(47-36-10-5-6-18-50(36)39)27-11-12-35(55-2)28(22-27)40(52)48-38-29(42)8-7-9-30(38)43/h5-13,17-18,22-25,51H,4,14-16,19-21H2,1-3H3,(H,48,52)(H,44,45,46). The Balaban J connectivity index is 1.18. The topological polar surface area (TPSA) is 151 Å². The summed E-state index contributed by atoms with van der Waals surface area (Å²) in [6.07, 6.45) is 7.83. The molecule has 0 radical (unpaired) electrons. The van der Waals surface area contributed by atoms with Crippen molar-refractivity contribution in [1.82, 2.24) is 19.4 Å². The first-order valence-corrected chi connectivity index (χ1v) is 20.3. The highest BCUT2D eigenvalue weighted by Crippen LogP contribution is 2.38. The number of fused-ring (bicyclic) bond motifs is 1. The molecule has 0 bridgehead atoms. The van der Waals surface area contributed by atoms with Crippen LogP contribution < -0.4 is 20.3 Å². The van der Waals surface area contributed by atoms with Crippen molar-refractivity contribution in [2.24, 2.45) is 5.92 Å². The summed E-state index contributed by atoms with van der Waals surface area (Å²) in [4.78, 5) is 29.9. The number of ether oxygens (including phenoxy) is 1. The van der Waals surface area contributed by atoms with E-state index in [4.69, 9.17) is 14.7 Å². The number of hydrogen-bond acceptors (Lipinski definition) is 10. The van der Waals surface area contributed by atoms with Crippen molar-refractivity contribution in [3.63, 3.8) is 0 Å². The zero-order valence-corrected chi connectivity index (χ0v) is 31.9. The van der Waals surface area contributed by atoms with Crippen molar-refractivity contribution in [2.45, 2.75) is 32.6 Å². The number of nitrogens with one attached hydrogen (secondary N) is 2. The normalized spacial score (nSPS) is 13.6.